The molecular formula is C15H10ClNO2. The van der Waals surface area contributed by atoms with Gasteiger partial charge in [0.25, 0.3) is 0 Å². The minimum atomic E-state index is -0.245. The van der Waals surface area contributed by atoms with Gasteiger partial charge in [0.1, 0.15) is 5.58 Å². The van der Waals surface area contributed by atoms with Gasteiger partial charge in [-0.3, -0.25) is 4.79 Å². The van der Waals surface area contributed by atoms with E-state index in [2.05, 4.69) is 0 Å². The summed E-state index contributed by atoms with van der Waals surface area (Å²) >= 11 is 6.08. The number of rotatable bonds is 2. The fourth-order valence-electron chi connectivity index (χ4n) is 2.02. The van der Waals surface area contributed by atoms with E-state index < -0.39 is 0 Å². The van der Waals surface area contributed by atoms with E-state index in [1.807, 2.05) is 6.07 Å². The van der Waals surface area contributed by atoms with Gasteiger partial charge in [-0.05, 0) is 12.1 Å². The van der Waals surface area contributed by atoms with Crippen molar-refractivity contribution < 1.29 is 9.21 Å². The van der Waals surface area contributed by atoms with Gasteiger partial charge in [0.05, 0.1) is 16.1 Å². The molecule has 0 saturated heterocycles. The number of benzene rings is 2. The van der Waals surface area contributed by atoms with E-state index >= 15 is 0 Å². The third kappa shape index (κ3) is 1.88. The molecule has 4 heteroatoms. The Balaban J connectivity index is 2.19. The SMILES string of the molecule is Nc1c(C(=O)c2ccccc2)oc2cccc(Cl)c12. The third-order valence-corrected chi connectivity index (χ3v) is 3.26. The van der Waals surface area contributed by atoms with Crippen LogP contribution in [-0.2, 0) is 0 Å². The van der Waals surface area contributed by atoms with Crippen molar-refractivity contribution in [3.8, 4) is 0 Å². The van der Waals surface area contributed by atoms with Crippen molar-refractivity contribution in [2.24, 2.45) is 0 Å². The number of anilines is 1. The van der Waals surface area contributed by atoms with Crippen molar-refractivity contribution in [3.63, 3.8) is 0 Å². The second-order valence-corrected chi connectivity index (χ2v) is 4.56. The average Bonchev–Trinajstić information content (AvgIpc) is 2.78. The van der Waals surface area contributed by atoms with Gasteiger partial charge in [0.15, 0.2) is 5.76 Å². The summed E-state index contributed by atoms with van der Waals surface area (Å²) in [6, 6.07) is 14.1. The van der Waals surface area contributed by atoms with E-state index in [1.165, 1.54) is 0 Å². The molecule has 0 bridgehead atoms. The van der Waals surface area contributed by atoms with Crippen LogP contribution in [0, 0.1) is 0 Å². The number of fused-ring (bicyclic) bond motifs is 1. The van der Waals surface area contributed by atoms with Gasteiger partial charge in [-0.2, -0.15) is 0 Å². The number of carbonyl (C=O) groups is 1. The molecule has 0 atom stereocenters. The van der Waals surface area contributed by atoms with Gasteiger partial charge < -0.3 is 10.2 Å². The highest BCUT2D eigenvalue weighted by atomic mass is 35.5. The molecule has 0 unspecified atom stereocenters. The summed E-state index contributed by atoms with van der Waals surface area (Å²) in [6.45, 7) is 0. The minimum absolute atomic E-state index is 0.134. The Bertz CT molecular complexity index is 762. The van der Waals surface area contributed by atoms with Crippen molar-refractivity contribution >= 4 is 34.0 Å². The van der Waals surface area contributed by atoms with Gasteiger partial charge in [-0.25, -0.2) is 0 Å². The van der Waals surface area contributed by atoms with E-state index in [4.69, 9.17) is 21.8 Å². The molecule has 2 N–H and O–H groups in total. The van der Waals surface area contributed by atoms with Crippen molar-refractivity contribution in [2.45, 2.75) is 0 Å². The summed E-state index contributed by atoms with van der Waals surface area (Å²) in [5.41, 5.74) is 7.32. The molecule has 0 radical (unpaired) electrons. The highest BCUT2D eigenvalue weighted by Crippen LogP contribution is 2.34. The molecule has 0 aliphatic carbocycles. The number of hydrogen-bond acceptors (Lipinski definition) is 3. The largest absolute Gasteiger partial charge is 0.450 e. The summed E-state index contributed by atoms with van der Waals surface area (Å²) in [5, 5.41) is 1.06. The topological polar surface area (TPSA) is 56.2 Å². The van der Waals surface area contributed by atoms with Gasteiger partial charge >= 0.3 is 0 Å². The van der Waals surface area contributed by atoms with Crippen LogP contribution < -0.4 is 5.73 Å². The van der Waals surface area contributed by atoms with Crippen molar-refractivity contribution in [1.82, 2.24) is 0 Å². The molecule has 0 spiro atoms. The van der Waals surface area contributed by atoms with Crippen molar-refractivity contribution in [2.75, 3.05) is 5.73 Å². The molecule has 2 aromatic carbocycles. The molecule has 1 aromatic heterocycles. The maximum Gasteiger partial charge on any atom is 0.230 e. The van der Waals surface area contributed by atoms with Gasteiger partial charge in [-0.15, -0.1) is 0 Å². The number of ketones is 1. The molecule has 94 valence electrons. The average molecular weight is 272 g/mol. The zero-order valence-electron chi connectivity index (χ0n) is 9.89. The van der Waals surface area contributed by atoms with Crippen LogP contribution in [0.25, 0.3) is 11.0 Å². The quantitative estimate of drug-likeness (QED) is 0.719. The highest BCUT2D eigenvalue weighted by Gasteiger charge is 2.21. The number of hydrogen-bond donors (Lipinski definition) is 1. The predicted octanol–water partition coefficient (Wildman–Crippen LogP) is 3.90. The fourth-order valence-corrected chi connectivity index (χ4v) is 2.29. The van der Waals surface area contributed by atoms with E-state index in [9.17, 15) is 4.79 Å². The standard InChI is InChI=1S/C15H10ClNO2/c16-10-7-4-8-11-12(10)13(17)15(19-11)14(18)9-5-2-1-3-6-9/h1-8H,17H2. The predicted molar refractivity (Wildman–Crippen MR) is 75.5 cm³/mol. The Morgan fingerprint density at radius 3 is 2.47 bits per heavy atom. The van der Waals surface area contributed by atoms with Gasteiger partial charge in [-0.1, -0.05) is 48.0 Å². The first-order valence-corrected chi connectivity index (χ1v) is 6.12. The molecular weight excluding hydrogens is 262 g/mol. The van der Waals surface area contributed by atoms with Crippen LogP contribution in [-0.4, -0.2) is 5.78 Å². The third-order valence-electron chi connectivity index (χ3n) is 2.94. The first kappa shape index (κ1) is 11.8. The van der Waals surface area contributed by atoms with Gasteiger partial charge in [0.2, 0.25) is 5.78 Å². The molecule has 0 aliphatic rings. The van der Waals surface area contributed by atoms with E-state index in [1.54, 1.807) is 42.5 Å². The lowest BCUT2D eigenvalue weighted by atomic mass is 10.1. The van der Waals surface area contributed by atoms with Crippen LogP contribution in [0.4, 0.5) is 5.69 Å². The van der Waals surface area contributed by atoms with E-state index in [0.717, 1.165) is 0 Å². The summed E-state index contributed by atoms with van der Waals surface area (Å²) in [5.74, 6) is -0.111. The summed E-state index contributed by atoms with van der Waals surface area (Å²) in [4.78, 5) is 12.3. The molecule has 3 rings (SSSR count). The van der Waals surface area contributed by atoms with E-state index in [-0.39, 0.29) is 17.2 Å². The smallest absolute Gasteiger partial charge is 0.230 e. The van der Waals surface area contributed by atoms with Crippen LogP contribution in [0.5, 0.6) is 0 Å². The zero-order valence-corrected chi connectivity index (χ0v) is 10.6. The lowest BCUT2D eigenvalue weighted by Crippen LogP contribution is -2.02. The van der Waals surface area contributed by atoms with Crippen LogP contribution >= 0.6 is 11.6 Å². The Morgan fingerprint density at radius 1 is 1.05 bits per heavy atom. The first-order valence-electron chi connectivity index (χ1n) is 5.74. The monoisotopic (exact) mass is 271 g/mol. The number of nitrogens with two attached hydrogens (primary N) is 1. The van der Waals surface area contributed by atoms with Crippen molar-refractivity contribution in [1.29, 1.82) is 0 Å². The first-order chi connectivity index (χ1) is 9.18. The summed E-state index contributed by atoms with van der Waals surface area (Å²) in [7, 11) is 0. The number of furan rings is 1. The normalized spacial score (nSPS) is 10.8. The van der Waals surface area contributed by atoms with E-state index in [0.29, 0.717) is 21.6 Å². The number of nitrogen functional groups attached to an aromatic ring is 1. The van der Waals surface area contributed by atoms with Crippen LogP contribution in [0.2, 0.25) is 5.02 Å². The summed E-state index contributed by atoms with van der Waals surface area (Å²) in [6.07, 6.45) is 0. The molecule has 19 heavy (non-hydrogen) atoms. The Labute approximate surface area is 114 Å². The molecule has 0 aliphatic heterocycles. The lowest BCUT2D eigenvalue weighted by Gasteiger charge is -1.98. The number of carbonyl (C=O) groups excluding carboxylic acids is 1. The molecule has 1 heterocycles. The zero-order chi connectivity index (χ0) is 13.4. The highest BCUT2D eigenvalue weighted by molar-refractivity contribution is 6.37. The molecule has 0 amide bonds. The summed E-state index contributed by atoms with van der Waals surface area (Å²) < 4.78 is 5.54. The Kier molecular flexibility index (Phi) is 2.76. The Morgan fingerprint density at radius 2 is 1.79 bits per heavy atom. The second-order valence-electron chi connectivity index (χ2n) is 4.15. The maximum atomic E-state index is 12.3. The number of halogens is 1. The van der Waals surface area contributed by atoms with Gasteiger partial charge in [0, 0.05) is 5.56 Å². The fraction of sp³-hybridized carbons (Fsp3) is 0. The van der Waals surface area contributed by atoms with Crippen LogP contribution in [0.1, 0.15) is 16.1 Å². The second kappa shape index (κ2) is 4.44. The molecule has 3 aromatic rings. The van der Waals surface area contributed by atoms with Crippen molar-refractivity contribution in [3.05, 3.63) is 64.9 Å². The van der Waals surface area contributed by atoms with Crippen LogP contribution in [0.15, 0.2) is 52.9 Å². The lowest BCUT2D eigenvalue weighted by molar-refractivity contribution is 0.101. The minimum Gasteiger partial charge on any atom is -0.450 e. The molecule has 3 nitrogen and oxygen atoms in total. The Hall–Kier alpha value is -2.26. The molecule has 0 fully saturated rings. The molecule has 0 saturated carbocycles. The van der Waals surface area contributed by atoms with Crippen LogP contribution in [0.3, 0.4) is 0 Å². The maximum absolute atomic E-state index is 12.3.